The van der Waals surface area contributed by atoms with Gasteiger partial charge in [-0.2, -0.15) is 12.6 Å². The second-order valence-corrected chi connectivity index (χ2v) is 3.19. The lowest BCUT2D eigenvalue weighted by Crippen LogP contribution is -1.90. The quantitative estimate of drug-likeness (QED) is 0.565. The molecule has 0 aliphatic rings. The molecule has 0 spiro atoms. The maximum absolute atomic E-state index is 12.9. The number of hydrogen-bond donors (Lipinski definition) is 2. The van der Waals surface area contributed by atoms with Crippen LogP contribution >= 0.6 is 12.6 Å². The first-order valence-electron chi connectivity index (χ1n) is 4.27. The third kappa shape index (κ3) is 3.06. The molecule has 0 atom stereocenters. The Balaban J connectivity index is 2.86. The van der Waals surface area contributed by atoms with Crippen LogP contribution in [0.3, 0.4) is 0 Å². The zero-order valence-corrected chi connectivity index (χ0v) is 8.52. The van der Waals surface area contributed by atoms with Crippen LogP contribution in [-0.2, 0) is 6.61 Å². The van der Waals surface area contributed by atoms with Crippen LogP contribution in [0, 0.1) is 17.7 Å². The highest BCUT2D eigenvalue weighted by Gasteiger charge is 2.00. The lowest BCUT2D eigenvalue weighted by molar-refractivity contribution is 0.275. The summed E-state index contributed by atoms with van der Waals surface area (Å²) in [4.78, 5) is 0. The highest BCUT2D eigenvalue weighted by atomic mass is 32.1. The summed E-state index contributed by atoms with van der Waals surface area (Å²) in [6, 6.07) is 4.47. The van der Waals surface area contributed by atoms with Crippen LogP contribution in [0.4, 0.5) is 4.39 Å². The summed E-state index contributed by atoms with van der Waals surface area (Å²) < 4.78 is 12.9. The monoisotopic (exact) mass is 210 g/mol. The molecule has 3 heteroatoms. The SMILES string of the molecule is OCc1cc(C#CCCS)ccc1F. The van der Waals surface area contributed by atoms with Gasteiger partial charge in [-0.3, -0.25) is 0 Å². The van der Waals surface area contributed by atoms with Crippen LogP contribution in [0.15, 0.2) is 18.2 Å². The fraction of sp³-hybridized carbons (Fsp3) is 0.273. The molecule has 0 radical (unpaired) electrons. The van der Waals surface area contributed by atoms with Crippen LogP contribution < -0.4 is 0 Å². The minimum atomic E-state index is -0.396. The number of hydrogen-bond acceptors (Lipinski definition) is 2. The van der Waals surface area contributed by atoms with Crippen LogP contribution in [0.2, 0.25) is 0 Å². The summed E-state index contributed by atoms with van der Waals surface area (Å²) in [6.07, 6.45) is 0.703. The second kappa shape index (κ2) is 5.69. The van der Waals surface area contributed by atoms with E-state index in [1.807, 2.05) is 0 Å². The fourth-order valence-electron chi connectivity index (χ4n) is 0.994. The van der Waals surface area contributed by atoms with Gasteiger partial charge in [-0.05, 0) is 18.2 Å². The molecule has 1 rings (SSSR count). The van der Waals surface area contributed by atoms with E-state index in [0.717, 1.165) is 5.56 Å². The van der Waals surface area contributed by atoms with Crippen molar-refractivity contribution in [2.45, 2.75) is 13.0 Å². The first-order chi connectivity index (χ1) is 6.77. The minimum Gasteiger partial charge on any atom is -0.392 e. The van der Waals surface area contributed by atoms with E-state index in [4.69, 9.17) is 5.11 Å². The number of aliphatic hydroxyl groups excluding tert-OH is 1. The van der Waals surface area contributed by atoms with Gasteiger partial charge in [0.25, 0.3) is 0 Å². The van der Waals surface area contributed by atoms with Crippen molar-refractivity contribution in [1.82, 2.24) is 0 Å². The Hall–Kier alpha value is -0.980. The van der Waals surface area contributed by atoms with Crippen molar-refractivity contribution in [2.24, 2.45) is 0 Å². The molecule has 1 aromatic carbocycles. The molecule has 1 nitrogen and oxygen atoms in total. The first-order valence-corrected chi connectivity index (χ1v) is 4.90. The summed E-state index contributed by atoms with van der Waals surface area (Å²) in [5.74, 6) is 6.08. The summed E-state index contributed by atoms with van der Waals surface area (Å²) in [7, 11) is 0. The number of benzene rings is 1. The first kappa shape index (κ1) is 11.1. The second-order valence-electron chi connectivity index (χ2n) is 2.74. The molecule has 0 saturated heterocycles. The zero-order valence-electron chi connectivity index (χ0n) is 7.63. The minimum absolute atomic E-state index is 0.280. The van der Waals surface area contributed by atoms with E-state index in [1.54, 1.807) is 12.1 Å². The van der Waals surface area contributed by atoms with Gasteiger partial charge in [0.15, 0.2) is 0 Å². The number of aliphatic hydroxyl groups is 1. The topological polar surface area (TPSA) is 20.2 Å². The maximum atomic E-state index is 12.9. The van der Waals surface area contributed by atoms with Crippen LogP contribution in [0.1, 0.15) is 17.5 Å². The van der Waals surface area contributed by atoms with Crippen LogP contribution in [0.25, 0.3) is 0 Å². The van der Waals surface area contributed by atoms with Crippen LogP contribution in [-0.4, -0.2) is 10.9 Å². The molecule has 1 aromatic rings. The molecular weight excluding hydrogens is 199 g/mol. The molecule has 0 unspecified atom stereocenters. The Morgan fingerprint density at radius 2 is 2.21 bits per heavy atom. The van der Waals surface area contributed by atoms with Crippen molar-refractivity contribution in [3.05, 3.63) is 35.1 Å². The summed E-state index contributed by atoms with van der Waals surface area (Å²) >= 11 is 4.02. The third-order valence-electron chi connectivity index (χ3n) is 1.69. The number of thiol groups is 1. The average molecular weight is 210 g/mol. The summed E-state index contributed by atoms with van der Waals surface area (Å²) in [5.41, 5.74) is 1.000. The molecule has 14 heavy (non-hydrogen) atoms. The van der Waals surface area contributed by atoms with Crippen molar-refractivity contribution in [1.29, 1.82) is 0 Å². The summed E-state index contributed by atoms with van der Waals surface area (Å²) in [5, 5.41) is 8.81. The molecular formula is C11H11FOS. The van der Waals surface area contributed by atoms with Crippen LogP contribution in [0.5, 0.6) is 0 Å². The van der Waals surface area contributed by atoms with E-state index < -0.39 is 5.82 Å². The smallest absolute Gasteiger partial charge is 0.128 e. The van der Waals surface area contributed by atoms with Crippen molar-refractivity contribution in [2.75, 3.05) is 5.75 Å². The molecule has 0 aromatic heterocycles. The van der Waals surface area contributed by atoms with Crippen molar-refractivity contribution >= 4 is 12.6 Å². The average Bonchev–Trinajstić information content (AvgIpc) is 2.21. The molecule has 0 aliphatic carbocycles. The maximum Gasteiger partial charge on any atom is 0.128 e. The van der Waals surface area contributed by atoms with Gasteiger partial charge in [0.1, 0.15) is 5.82 Å². The molecule has 0 fully saturated rings. The molecule has 0 saturated carbocycles. The zero-order chi connectivity index (χ0) is 10.4. The Kier molecular flexibility index (Phi) is 4.51. The fourth-order valence-corrected chi connectivity index (χ4v) is 1.11. The van der Waals surface area contributed by atoms with Crippen molar-refractivity contribution in [3.63, 3.8) is 0 Å². The Labute approximate surface area is 88.4 Å². The highest BCUT2D eigenvalue weighted by Crippen LogP contribution is 2.09. The van der Waals surface area contributed by atoms with Gasteiger partial charge in [-0.15, -0.1) is 0 Å². The molecule has 0 heterocycles. The number of rotatable bonds is 2. The molecule has 0 bridgehead atoms. The van der Waals surface area contributed by atoms with Gasteiger partial charge < -0.3 is 5.11 Å². The van der Waals surface area contributed by atoms with E-state index in [9.17, 15) is 4.39 Å². The largest absolute Gasteiger partial charge is 0.392 e. The van der Waals surface area contributed by atoms with E-state index >= 15 is 0 Å². The molecule has 74 valence electrons. The van der Waals surface area contributed by atoms with Gasteiger partial charge in [0.2, 0.25) is 0 Å². The van der Waals surface area contributed by atoms with E-state index in [2.05, 4.69) is 24.5 Å². The Morgan fingerprint density at radius 3 is 2.86 bits per heavy atom. The van der Waals surface area contributed by atoms with Gasteiger partial charge in [0, 0.05) is 23.3 Å². The van der Waals surface area contributed by atoms with Crippen molar-refractivity contribution in [3.8, 4) is 11.8 Å². The Morgan fingerprint density at radius 1 is 1.43 bits per heavy atom. The normalized spacial score (nSPS) is 9.36. The van der Waals surface area contributed by atoms with Gasteiger partial charge in [-0.1, -0.05) is 11.8 Å². The third-order valence-corrected chi connectivity index (χ3v) is 1.91. The van der Waals surface area contributed by atoms with E-state index in [1.165, 1.54) is 6.07 Å². The predicted octanol–water partition coefficient (Wildman–Crippen LogP) is 1.99. The summed E-state index contributed by atoms with van der Waals surface area (Å²) in [6.45, 7) is -0.298. The van der Waals surface area contributed by atoms with E-state index in [-0.39, 0.29) is 12.2 Å². The molecule has 1 N–H and O–H groups in total. The standard InChI is InChI=1S/C11H11FOS/c12-11-5-4-9(3-1-2-6-14)7-10(11)8-13/h4-5,7,13-14H,2,6,8H2. The van der Waals surface area contributed by atoms with E-state index in [0.29, 0.717) is 12.2 Å². The van der Waals surface area contributed by atoms with Gasteiger partial charge >= 0.3 is 0 Å². The highest BCUT2D eigenvalue weighted by molar-refractivity contribution is 7.80. The lowest BCUT2D eigenvalue weighted by atomic mass is 10.1. The molecule has 0 amide bonds. The lowest BCUT2D eigenvalue weighted by Gasteiger charge is -1.98. The van der Waals surface area contributed by atoms with Gasteiger partial charge in [-0.25, -0.2) is 4.39 Å². The van der Waals surface area contributed by atoms with Gasteiger partial charge in [0.05, 0.1) is 6.61 Å². The molecule has 0 aliphatic heterocycles. The predicted molar refractivity (Wildman–Crippen MR) is 57.7 cm³/mol. The number of halogens is 1. The van der Waals surface area contributed by atoms with Crippen molar-refractivity contribution < 1.29 is 9.50 Å². The Bertz CT molecular complexity index is 365.